The Bertz CT molecular complexity index is 1230. The summed E-state index contributed by atoms with van der Waals surface area (Å²) in [7, 11) is 1.55. The maximum absolute atomic E-state index is 13.7. The molecule has 31 heavy (non-hydrogen) atoms. The number of anilines is 2. The maximum atomic E-state index is 13.7. The molecular formula is C26H24N2O3. The Balaban J connectivity index is 1.90. The summed E-state index contributed by atoms with van der Waals surface area (Å²) in [6.45, 7) is 5.86. The van der Waals surface area contributed by atoms with E-state index in [0.717, 1.165) is 22.4 Å². The number of nitrogens with zero attached hydrogens (tertiary/aromatic N) is 1. The number of hydrogen-bond donors (Lipinski definition) is 1. The Morgan fingerprint density at radius 1 is 0.839 bits per heavy atom. The van der Waals surface area contributed by atoms with Gasteiger partial charge in [0.2, 0.25) is 0 Å². The molecule has 0 bridgehead atoms. The van der Waals surface area contributed by atoms with E-state index in [1.165, 1.54) is 4.90 Å². The molecule has 0 aliphatic carbocycles. The van der Waals surface area contributed by atoms with Gasteiger partial charge in [0.05, 0.1) is 18.4 Å². The fraction of sp³-hybridized carbons (Fsp3) is 0.154. The summed E-state index contributed by atoms with van der Waals surface area (Å²) >= 11 is 0. The van der Waals surface area contributed by atoms with Crippen LogP contribution in [-0.4, -0.2) is 18.9 Å². The zero-order valence-electron chi connectivity index (χ0n) is 18.0. The summed E-state index contributed by atoms with van der Waals surface area (Å²) in [6.07, 6.45) is 0. The minimum atomic E-state index is -0.388. The highest BCUT2D eigenvalue weighted by atomic mass is 16.5. The van der Waals surface area contributed by atoms with Gasteiger partial charge in [-0.25, -0.2) is 4.90 Å². The topological polar surface area (TPSA) is 58.6 Å². The Kier molecular flexibility index (Phi) is 5.34. The van der Waals surface area contributed by atoms with Gasteiger partial charge in [0.25, 0.3) is 11.8 Å². The van der Waals surface area contributed by atoms with Gasteiger partial charge >= 0.3 is 0 Å². The lowest BCUT2D eigenvalue weighted by atomic mass is 10.0. The molecule has 3 aromatic rings. The van der Waals surface area contributed by atoms with Gasteiger partial charge in [-0.15, -0.1) is 0 Å². The monoisotopic (exact) mass is 412 g/mol. The molecule has 5 heteroatoms. The lowest BCUT2D eigenvalue weighted by molar-refractivity contribution is -0.120. The summed E-state index contributed by atoms with van der Waals surface area (Å²) in [4.78, 5) is 28.5. The molecule has 0 saturated heterocycles. The summed E-state index contributed by atoms with van der Waals surface area (Å²) in [5, 5.41) is 3.21. The van der Waals surface area contributed by atoms with E-state index < -0.39 is 0 Å². The van der Waals surface area contributed by atoms with E-state index in [-0.39, 0.29) is 17.5 Å². The zero-order chi connectivity index (χ0) is 22.1. The van der Waals surface area contributed by atoms with Gasteiger partial charge in [-0.3, -0.25) is 9.59 Å². The van der Waals surface area contributed by atoms with Crippen LogP contribution in [0.5, 0.6) is 5.75 Å². The van der Waals surface area contributed by atoms with Gasteiger partial charge in [-0.05, 0) is 61.7 Å². The van der Waals surface area contributed by atoms with Gasteiger partial charge in [0.15, 0.2) is 0 Å². The summed E-state index contributed by atoms with van der Waals surface area (Å²) in [5.41, 5.74) is 5.39. The fourth-order valence-electron chi connectivity index (χ4n) is 3.81. The molecule has 1 aliphatic rings. The molecule has 0 unspecified atom stereocenters. The first-order valence-corrected chi connectivity index (χ1v) is 10.1. The highest BCUT2D eigenvalue weighted by molar-refractivity contribution is 6.46. The summed E-state index contributed by atoms with van der Waals surface area (Å²) in [6, 6.07) is 20.5. The van der Waals surface area contributed by atoms with Crippen molar-refractivity contribution in [1.29, 1.82) is 0 Å². The van der Waals surface area contributed by atoms with Crippen molar-refractivity contribution in [3.8, 4) is 5.75 Å². The molecule has 1 N–H and O–H groups in total. The van der Waals surface area contributed by atoms with Gasteiger partial charge in [-0.1, -0.05) is 42.5 Å². The molecule has 4 rings (SSSR count). The predicted octanol–water partition coefficient (Wildman–Crippen LogP) is 5.02. The quantitative estimate of drug-likeness (QED) is 0.598. The van der Waals surface area contributed by atoms with Crippen molar-refractivity contribution >= 4 is 28.8 Å². The first-order chi connectivity index (χ1) is 14.9. The van der Waals surface area contributed by atoms with Crippen LogP contribution in [0.3, 0.4) is 0 Å². The van der Waals surface area contributed by atoms with E-state index in [2.05, 4.69) is 5.32 Å². The average Bonchev–Trinajstić information content (AvgIpc) is 2.99. The first kappa shape index (κ1) is 20.4. The lowest BCUT2D eigenvalue weighted by Gasteiger charge is -2.19. The summed E-state index contributed by atoms with van der Waals surface area (Å²) in [5.74, 6) is -0.232. The number of aryl methyl sites for hydroxylation is 2. The number of methoxy groups -OCH3 is 1. The Morgan fingerprint density at radius 3 is 2.32 bits per heavy atom. The van der Waals surface area contributed by atoms with E-state index in [1.807, 2.05) is 69.3 Å². The smallest absolute Gasteiger partial charge is 0.282 e. The second-order valence-corrected chi connectivity index (χ2v) is 7.61. The lowest BCUT2D eigenvalue weighted by Crippen LogP contribution is -2.33. The number of benzene rings is 3. The molecule has 0 radical (unpaired) electrons. The van der Waals surface area contributed by atoms with Crippen molar-refractivity contribution in [2.75, 3.05) is 17.3 Å². The average molecular weight is 412 g/mol. The summed E-state index contributed by atoms with van der Waals surface area (Å²) < 4.78 is 5.50. The van der Waals surface area contributed by atoms with Crippen LogP contribution in [0.4, 0.5) is 11.4 Å². The number of carbonyl (C=O) groups excluding carboxylic acids is 2. The molecule has 0 saturated carbocycles. The van der Waals surface area contributed by atoms with Crippen LogP contribution in [-0.2, 0) is 9.59 Å². The number of rotatable bonds is 5. The van der Waals surface area contributed by atoms with Crippen LogP contribution in [0.1, 0.15) is 22.3 Å². The zero-order valence-corrected chi connectivity index (χ0v) is 18.0. The van der Waals surface area contributed by atoms with E-state index in [9.17, 15) is 9.59 Å². The van der Waals surface area contributed by atoms with Crippen LogP contribution in [0, 0.1) is 20.8 Å². The second kappa shape index (κ2) is 8.11. The Hall–Kier alpha value is -3.86. The van der Waals surface area contributed by atoms with Crippen molar-refractivity contribution in [2.45, 2.75) is 20.8 Å². The second-order valence-electron chi connectivity index (χ2n) is 7.61. The number of nitrogens with one attached hydrogen (secondary N) is 1. The minimum Gasteiger partial charge on any atom is -0.496 e. The van der Waals surface area contributed by atoms with Crippen LogP contribution in [0.15, 0.2) is 72.4 Å². The molecule has 3 aromatic carbocycles. The Labute approximate surface area is 182 Å². The van der Waals surface area contributed by atoms with Crippen molar-refractivity contribution in [3.05, 3.63) is 94.7 Å². The molecular weight excluding hydrogens is 388 g/mol. The molecule has 0 fully saturated rings. The third kappa shape index (κ3) is 3.59. The van der Waals surface area contributed by atoms with Crippen molar-refractivity contribution < 1.29 is 14.3 Å². The Morgan fingerprint density at radius 2 is 1.58 bits per heavy atom. The normalized spacial score (nSPS) is 13.7. The molecule has 156 valence electrons. The highest BCUT2D eigenvalue weighted by Gasteiger charge is 2.41. The van der Waals surface area contributed by atoms with Gasteiger partial charge in [-0.2, -0.15) is 0 Å². The molecule has 0 aromatic heterocycles. The highest BCUT2D eigenvalue weighted by Crippen LogP contribution is 2.38. The third-order valence-corrected chi connectivity index (χ3v) is 5.56. The maximum Gasteiger partial charge on any atom is 0.282 e. The van der Waals surface area contributed by atoms with Crippen LogP contribution >= 0.6 is 0 Å². The molecule has 1 aliphatic heterocycles. The molecule has 0 atom stereocenters. The van der Waals surface area contributed by atoms with Crippen LogP contribution in [0.2, 0.25) is 0 Å². The molecule has 1 heterocycles. The van der Waals surface area contributed by atoms with E-state index in [1.54, 1.807) is 25.3 Å². The number of imide groups is 1. The van der Waals surface area contributed by atoms with E-state index in [4.69, 9.17) is 4.74 Å². The standard InChI is InChI=1S/C26H24N2O3/c1-16-9-7-11-19(15-16)27-24-23(20-12-5-6-14-22(20)31-4)25(29)28(26(24)30)21-13-8-10-17(2)18(21)3/h5-15,27H,1-4H3. The van der Waals surface area contributed by atoms with Crippen molar-refractivity contribution in [2.24, 2.45) is 0 Å². The fourth-order valence-corrected chi connectivity index (χ4v) is 3.81. The van der Waals surface area contributed by atoms with E-state index >= 15 is 0 Å². The van der Waals surface area contributed by atoms with Gasteiger partial charge in [0, 0.05) is 11.3 Å². The van der Waals surface area contributed by atoms with Crippen LogP contribution in [0.25, 0.3) is 5.57 Å². The van der Waals surface area contributed by atoms with Crippen molar-refractivity contribution in [3.63, 3.8) is 0 Å². The number of ether oxygens (including phenoxy) is 1. The number of para-hydroxylation sites is 1. The number of hydrogen-bond acceptors (Lipinski definition) is 4. The molecule has 5 nitrogen and oxygen atoms in total. The SMILES string of the molecule is COc1ccccc1C1=C(Nc2cccc(C)c2)C(=O)N(c2cccc(C)c2C)C1=O. The number of amides is 2. The largest absolute Gasteiger partial charge is 0.496 e. The van der Waals surface area contributed by atoms with Gasteiger partial charge in [0.1, 0.15) is 11.4 Å². The molecule has 2 amide bonds. The third-order valence-electron chi connectivity index (χ3n) is 5.56. The van der Waals surface area contributed by atoms with Crippen LogP contribution < -0.4 is 15.0 Å². The molecule has 0 spiro atoms. The predicted molar refractivity (Wildman–Crippen MR) is 123 cm³/mol. The van der Waals surface area contributed by atoms with E-state index in [0.29, 0.717) is 22.6 Å². The number of carbonyl (C=O) groups is 2. The minimum absolute atomic E-state index is 0.237. The van der Waals surface area contributed by atoms with Gasteiger partial charge < -0.3 is 10.1 Å². The van der Waals surface area contributed by atoms with Crippen molar-refractivity contribution in [1.82, 2.24) is 0 Å². The first-order valence-electron chi connectivity index (χ1n) is 10.1.